The average molecular weight is 337 g/mol. The molecule has 0 bridgehead atoms. The summed E-state index contributed by atoms with van der Waals surface area (Å²) in [6.07, 6.45) is 0. The fourth-order valence-corrected chi connectivity index (χ4v) is 3.25. The van der Waals surface area contributed by atoms with Crippen molar-refractivity contribution in [1.29, 1.82) is 0 Å². The quantitative estimate of drug-likeness (QED) is 0.382. The normalized spacial score (nSPS) is 11.9. The predicted octanol–water partition coefficient (Wildman–Crippen LogP) is 2.69. The van der Waals surface area contributed by atoms with Gasteiger partial charge in [0.05, 0.1) is 21.8 Å². The summed E-state index contributed by atoms with van der Waals surface area (Å²) in [7, 11) is 0. The lowest BCUT2D eigenvalue weighted by molar-refractivity contribution is 0.188. The number of benzene rings is 2. The van der Waals surface area contributed by atoms with Crippen molar-refractivity contribution in [3.05, 3.63) is 55.0 Å². The Morgan fingerprint density at radius 2 is 1.09 bits per heavy atom. The molecule has 6 nitrogen and oxygen atoms in total. The van der Waals surface area contributed by atoms with Crippen LogP contribution in [0.2, 0.25) is 10.0 Å². The molecule has 2 N–H and O–H groups in total. The lowest BCUT2D eigenvalue weighted by atomic mass is 10.0. The van der Waals surface area contributed by atoms with Crippen LogP contribution in [0.3, 0.4) is 0 Å². The van der Waals surface area contributed by atoms with Crippen LogP contribution in [-0.4, -0.2) is 19.9 Å². The number of hydrogen-bond donors (Lipinski definition) is 2. The van der Waals surface area contributed by atoms with Gasteiger partial charge in [0.2, 0.25) is 0 Å². The van der Waals surface area contributed by atoms with Crippen LogP contribution in [0.25, 0.3) is 32.6 Å². The monoisotopic (exact) mass is 336 g/mol. The molecule has 2 aromatic carbocycles. The van der Waals surface area contributed by atoms with Crippen LogP contribution in [0.4, 0.5) is 0 Å². The van der Waals surface area contributed by atoms with Crippen LogP contribution < -0.4 is 11.1 Å². The molecule has 0 saturated heterocycles. The van der Waals surface area contributed by atoms with Gasteiger partial charge in [-0.1, -0.05) is 23.2 Å². The van der Waals surface area contributed by atoms with Gasteiger partial charge in [0, 0.05) is 20.8 Å². The van der Waals surface area contributed by atoms with Gasteiger partial charge in [-0.2, -0.15) is 0 Å². The van der Waals surface area contributed by atoms with E-state index in [1.165, 1.54) is 24.3 Å². The number of aromatic nitrogens is 2. The summed E-state index contributed by atoms with van der Waals surface area (Å²) in [6, 6.07) is 5.49. The first-order chi connectivity index (χ1) is 10.4. The zero-order chi connectivity index (χ0) is 15.8. The Hall–Kier alpha value is -2.44. The summed E-state index contributed by atoms with van der Waals surface area (Å²) in [5.74, 6) is 0. The summed E-state index contributed by atoms with van der Waals surface area (Å²) in [5.41, 5.74) is -1.26. The number of rotatable bonds is 0. The van der Waals surface area contributed by atoms with Crippen LogP contribution in [0.15, 0.2) is 33.9 Å². The number of hydrogen-bond acceptors (Lipinski definition) is 4. The summed E-state index contributed by atoms with van der Waals surface area (Å²) in [4.78, 5) is 24.6. The highest BCUT2D eigenvalue weighted by molar-refractivity contribution is 6.35. The second kappa shape index (κ2) is 4.06. The predicted molar refractivity (Wildman–Crippen MR) is 83.1 cm³/mol. The Morgan fingerprint density at radius 1 is 0.727 bits per heavy atom. The Labute approximate surface area is 131 Å². The van der Waals surface area contributed by atoms with E-state index in [2.05, 4.69) is 0 Å². The summed E-state index contributed by atoms with van der Waals surface area (Å²) < 4.78 is 0.848. The van der Waals surface area contributed by atoms with Crippen LogP contribution in [-0.2, 0) is 0 Å². The van der Waals surface area contributed by atoms with E-state index >= 15 is 0 Å². The number of halogens is 2. The van der Waals surface area contributed by atoms with Gasteiger partial charge in [-0.3, -0.25) is 9.59 Å². The molecule has 2 heterocycles. The second-order valence-corrected chi connectivity index (χ2v) is 5.80. The molecule has 0 saturated carbocycles. The Kier molecular flexibility index (Phi) is 2.44. The van der Waals surface area contributed by atoms with Gasteiger partial charge in [-0.25, -0.2) is 0 Å². The third-order valence-electron chi connectivity index (χ3n) is 3.72. The van der Waals surface area contributed by atoms with E-state index < -0.39 is 11.1 Å². The molecule has 0 fully saturated rings. The largest absolute Gasteiger partial charge is 0.425 e. The minimum atomic E-state index is -0.720. The average Bonchev–Trinajstić information content (AvgIpc) is 2.48. The zero-order valence-corrected chi connectivity index (χ0v) is 12.2. The molecule has 22 heavy (non-hydrogen) atoms. The molecule has 0 unspecified atom stereocenters. The van der Waals surface area contributed by atoms with Gasteiger partial charge in [-0.05, 0) is 24.3 Å². The molecule has 2 aromatic heterocycles. The minimum Gasteiger partial charge on any atom is -0.425 e. The highest BCUT2D eigenvalue weighted by atomic mass is 35.5. The Balaban J connectivity index is 2.59. The fraction of sp³-hybridized carbons (Fsp3) is 0. The maximum atomic E-state index is 12.3. The molecule has 0 spiro atoms. The van der Waals surface area contributed by atoms with Crippen molar-refractivity contribution in [1.82, 2.24) is 9.46 Å². The molecule has 4 rings (SSSR count). The van der Waals surface area contributed by atoms with E-state index in [4.69, 9.17) is 23.2 Å². The summed E-state index contributed by atoms with van der Waals surface area (Å²) in [6.45, 7) is 0. The van der Waals surface area contributed by atoms with E-state index in [1.54, 1.807) is 0 Å². The van der Waals surface area contributed by atoms with Gasteiger partial charge >= 0.3 is 0 Å². The highest BCUT2D eigenvalue weighted by Gasteiger charge is 2.21. The first-order valence-corrected chi connectivity index (χ1v) is 6.90. The molecule has 0 atom stereocenters. The van der Waals surface area contributed by atoms with E-state index in [9.17, 15) is 20.0 Å². The van der Waals surface area contributed by atoms with E-state index in [-0.39, 0.29) is 31.9 Å². The van der Waals surface area contributed by atoms with Crippen molar-refractivity contribution >= 4 is 55.8 Å². The Morgan fingerprint density at radius 3 is 1.45 bits per heavy atom. The van der Waals surface area contributed by atoms with Crippen LogP contribution >= 0.6 is 23.2 Å². The van der Waals surface area contributed by atoms with Crippen molar-refractivity contribution in [3.63, 3.8) is 0 Å². The minimum absolute atomic E-state index is 0.0880. The van der Waals surface area contributed by atoms with E-state index in [0.29, 0.717) is 20.2 Å². The molecule has 0 aliphatic rings. The molecule has 8 heteroatoms. The summed E-state index contributed by atoms with van der Waals surface area (Å²) in [5, 5.41) is 21.3. The molecule has 0 aliphatic heterocycles. The van der Waals surface area contributed by atoms with Crippen molar-refractivity contribution in [2.75, 3.05) is 0 Å². The van der Waals surface area contributed by atoms with Gasteiger partial charge in [0.1, 0.15) is 0 Å². The third-order valence-corrected chi connectivity index (χ3v) is 4.15. The molecule has 110 valence electrons. The molecule has 0 aliphatic carbocycles. The SMILES string of the molecule is O=c1c2cc(Cl)cc3c2c2c(cc(Cl)cc2n1O)c(=O)n3O. The van der Waals surface area contributed by atoms with Gasteiger partial charge in [-0.15, -0.1) is 9.46 Å². The maximum absolute atomic E-state index is 12.3. The first kappa shape index (κ1) is 13.2. The molecular formula is C14H6Cl2N2O4. The topological polar surface area (TPSA) is 84.5 Å². The molecule has 0 amide bonds. The summed E-state index contributed by atoms with van der Waals surface area (Å²) >= 11 is 11.9. The highest BCUT2D eigenvalue weighted by Crippen LogP contribution is 2.33. The van der Waals surface area contributed by atoms with Gasteiger partial charge < -0.3 is 10.4 Å². The van der Waals surface area contributed by atoms with Crippen molar-refractivity contribution in [2.45, 2.75) is 0 Å². The second-order valence-electron chi connectivity index (χ2n) is 4.93. The maximum Gasteiger partial charge on any atom is 0.291 e. The lowest BCUT2D eigenvalue weighted by Crippen LogP contribution is -2.24. The zero-order valence-electron chi connectivity index (χ0n) is 10.7. The molecule has 4 aromatic rings. The van der Waals surface area contributed by atoms with Crippen molar-refractivity contribution in [3.8, 4) is 0 Å². The first-order valence-electron chi connectivity index (χ1n) is 6.14. The van der Waals surface area contributed by atoms with Crippen LogP contribution in [0, 0.1) is 0 Å². The third kappa shape index (κ3) is 1.45. The Bertz CT molecular complexity index is 1110. The van der Waals surface area contributed by atoms with E-state index in [0.717, 1.165) is 0 Å². The molecule has 0 radical (unpaired) electrons. The van der Waals surface area contributed by atoms with Gasteiger partial charge in [0.15, 0.2) is 0 Å². The van der Waals surface area contributed by atoms with Crippen LogP contribution in [0.5, 0.6) is 0 Å². The van der Waals surface area contributed by atoms with E-state index in [1.807, 2.05) is 0 Å². The van der Waals surface area contributed by atoms with Gasteiger partial charge in [0.25, 0.3) is 11.1 Å². The lowest BCUT2D eigenvalue weighted by Gasteiger charge is -2.14. The fourth-order valence-electron chi connectivity index (χ4n) is 2.83. The molecular weight excluding hydrogens is 331 g/mol. The number of nitrogens with zero attached hydrogens (tertiary/aromatic N) is 2. The smallest absolute Gasteiger partial charge is 0.291 e. The number of pyridine rings is 2. The van der Waals surface area contributed by atoms with Crippen molar-refractivity contribution < 1.29 is 10.4 Å². The standard InChI is InChI=1S/C14H6Cl2N2O4/c15-5-1-7-11-9(3-5)18(22)14(20)8-2-6(16)4-10(12(8)11)17(21)13(7)19/h1-4,21-22H. The van der Waals surface area contributed by atoms with Crippen LogP contribution in [0.1, 0.15) is 0 Å². The van der Waals surface area contributed by atoms with Crippen molar-refractivity contribution in [2.24, 2.45) is 0 Å².